The van der Waals surface area contributed by atoms with Crippen LogP contribution in [-0.4, -0.2) is 61.5 Å². The van der Waals surface area contributed by atoms with Gasteiger partial charge >= 0.3 is 12.1 Å². The van der Waals surface area contributed by atoms with E-state index in [4.69, 9.17) is 15.7 Å². The van der Waals surface area contributed by atoms with Crippen LogP contribution in [-0.2, 0) is 23.1 Å². The van der Waals surface area contributed by atoms with Crippen LogP contribution < -0.4 is 10.5 Å². The van der Waals surface area contributed by atoms with E-state index in [-0.39, 0.29) is 35.5 Å². The first-order valence-electron chi connectivity index (χ1n) is 14.1. The number of imidazole rings is 2. The van der Waals surface area contributed by atoms with Crippen molar-refractivity contribution in [1.29, 1.82) is 5.26 Å². The summed E-state index contributed by atoms with van der Waals surface area (Å²) in [6, 6.07) is 6.86. The number of aromatic amines is 1. The van der Waals surface area contributed by atoms with Crippen LogP contribution in [0.5, 0.6) is 5.75 Å². The lowest BCUT2D eigenvalue weighted by Gasteiger charge is -2.32. The van der Waals surface area contributed by atoms with Crippen molar-refractivity contribution in [2.24, 2.45) is 12.8 Å². The Balaban J connectivity index is 0.000000375. The highest BCUT2D eigenvalue weighted by Crippen LogP contribution is 2.38. The molecule has 44 heavy (non-hydrogen) atoms. The van der Waals surface area contributed by atoms with E-state index in [1.165, 1.54) is 12.3 Å². The number of nitrogens with zero attached hydrogens (tertiary/aromatic N) is 5. The molecule has 3 heterocycles. The molecule has 1 fully saturated rings. The summed E-state index contributed by atoms with van der Waals surface area (Å²) < 4.78 is 44.9. The molecule has 11 nitrogen and oxygen atoms in total. The number of halogens is 3. The van der Waals surface area contributed by atoms with E-state index >= 15 is 0 Å². The van der Waals surface area contributed by atoms with Crippen molar-refractivity contribution in [2.45, 2.75) is 57.0 Å². The number of hydrogen-bond donors (Lipinski definition) is 2. The number of piperidine rings is 1. The number of esters is 1. The summed E-state index contributed by atoms with van der Waals surface area (Å²) in [5.41, 5.74) is 8.28. The number of primary amides is 1. The number of alkyl halides is 3. The van der Waals surface area contributed by atoms with Crippen LogP contribution >= 0.6 is 0 Å². The van der Waals surface area contributed by atoms with Gasteiger partial charge in [0.05, 0.1) is 24.6 Å². The van der Waals surface area contributed by atoms with Gasteiger partial charge in [-0.25, -0.2) is 14.8 Å². The monoisotopic (exact) mass is 611 g/mol. The Morgan fingerprint density at radius 2 is 1.93 bits per heavy atom. The Morgan fingerprint density at radius 1 is 1.18 bits per heavy atom. The number of H-pyrrole nitrogens is 1. The minimum absolute atomic E-state index is 0.0107. The fourth-order valence-electron chi connectivity index (χ4n) is 5.17. The van der Waals surface area contributed by atoms with E-state index in [1.54, 1.807) is 18.5 Å². The van der Waals surface area contributed by atoms with E-state index in [1.807, 2.05) is 34.9 Å². The number of aromatic nitrogens is 4. The largest absolute Gasteiger partial charge is 0.491 e. The smallest absolute Gasteiger partial charge is 0.419 e. The van der Waals surface area contributed by atoms with Gasteiger partial charge in [-0.1, -0.05) is 12.1 Å². The van der Waals surface area contributed by atoms with Crippen molar-refractivity contribution in [1.82, 2.24) is 24.4 Å². The average molecular weight is 612 g/mol. The number of amides is 2. The first-order valence-corrected chi connectivity index (χ1v) is 14.1. The molecular weight excluding hydrogens is 579 g/mol. The van der Waals surface area contributed by atoms with Gasteiger partial charge < -0.3 is 24.9 Å². The lowest BCUT2D eigenvalue weighted by atomic mass is 9.85. The van der Waals surface area contributed by atoms with Crippen LogP contribution in [0.4, 0.5) is 13.2 Å². The van der Waals surface area contributed by atoms with Crippen molar-refractivity contribution in [3.05, 3.63) is 71.3 Å². The second-order valence-corrected chi connectivity index (χ2v) is 10.6. The van der Waals surface area contributed by atoms with Gasteiger partial charge in [-0.3, -0.25) is 9.59 Å². The SMILES string of the molecule is Cn1cnc(CC(=O)N2CCC(c3ccc(OC(=O)C(F)(F)F)c(C4=CCCCC4)c3)CC2)c1.N#Cc1cnc(C(N)=O)[nH]1. The number of benzene rings is 1. The number of rotatable bonds is 6. The lowest BCUT2D eigenvalue weighted by molar-refractivity contribution is -0.189. The summed E-state index contributed by atoms with van der Waals surface area (Å²) in [6.07, 6.45) is 7.07. The Morgan fingerprint density at radius 3 is 2.48 bits per heavy atom. The number of hydrogen-bond acceptors (Lipinski definition) is 7. The molecule has 5 rings (SSSR count). The van der Waals surface area contributed by atoms with E-state index in [0.717, 1.165) is 55.4 Å². The third-order valence-corrected chi connectivity index (χ3v) is 7.41. The quantitative estimate of drug-likeness (QED) is 0.312. The Kier molecular flexibility index (Phi) is 10.2. The average Bonchev–Trinajstić information content (AvgIpc) is 3.67. The molecule has 232 valence electrons. The van der Waals surface area contributed by atoms with E-state index < -0.39 is 18.1 Å². The third kappa shape index (κ3) is 8.33. The number of carbonyl (C=O) groups excluding carboxylic acids is 3. The van der Waals surface area contributed by atoms with Crippen molar-refractivity contribution < 1.29 is 32.3 Å². The first kappa shape index (κ1) is 32.0. The minimum Gasteiger partial charge on any atom is -0.419 e. The molecule has 1 saturated heterocycles. The summed E-state index contributed by atoms with van der Waals surface area (Å²) in [7, 11) is 1.86. The van der Waals surface area contributed by atoms with Gasteiger partial charge in [-0.05, 0) is 67.7 Å². The summed E-state index contributed by atoms with van der Waals surface area (Å²) in [5.74, 6) is -2.70. The summed E-state index contributed by atoms with van der Waals surface area (Å²) in [4.78, 5) is 46.5. The van der Waals surface area contributed by atoms with Gasteiger partial charge in [0.2, 0.25) is 5.91 Å². The molecule has 0 atom stereocenters. The molecular formula is C30H32F3N7O4. The maximum absolute atomic E-state index is 12.8. The molecule has 2 aromatic heterocycles. The molecule has 0 radical (unpaired) electrons. The van der Waals surface area contributed by atoms with Gasteiger partial charge in [-0.15, -0.1) is 0 Å². The van der Waals surface area contributed by atoms with Gasteiger partial charge in [-0.2, -0.15) is 18.4 Å². The number of nitrogens with one attached hydrogen (secondary N) is 1. The number of likely N-dealkylation sites (tertiary alicyclic amines) is 1. The molecule has 0 bridgehead atoms. The summed E-state index contributed by atoms with van der Waals surface area (Å²) in [5, 5.41) is 8.26. The Bertz CT molecular complexity index is 1580. The molecule has 2 amide bonds. The van der Waals surface area contributed by atoms with Gasteiger partial charge in [0, 0.05) is 31.9 Å². The van der Waals surface area contributed by atoms with Crippen LogP contribution in [0.3, 0.4) is 0 Å². The van der Waals surface area contributed by atoms with Gasteiger partial charge in [0.25, 0.3) is 5.91 Å². The fourth-order valence-corrected chi connectivity index (χ4v) is 5.17. The van der Waals surface area contributed by atoms with Crippen LogP contribution in [0.1, 0.15) is 77.6 Å². The molecule has 3 N–H and O–H groups in total. The van der Waals surface area contributed by atoms with Crippen molar-refractivity contribution >= 4 is 23.4 Å². The number of allylic oxidation sites excluding steroid dienone is 2. The number of nitriles is 1. The highest BCUT2D eigenvalue weighted by molar-refractivity contribution is 5.89. The summed E-state index contributed by atoms with van der Waals surface area (Å²) >= 11 is 0. The predicted molar refractivity (Wildman–Crippen MR) is 152 cm³/mol. The predicted octanol–water partition coefficient (Wildman–Crippen LogP) is 4.17. The first-order chi connectivity index (χ1) is 20.9. The molecule has 0 spiro atoms. The van der Waals surface area contributed by atoms with Gasteiger partial charge in [0.1, 0.15) is 17.5 Å². The molecule has 0 unspecified atom stereocenters. The molecule has 3 aromatic rings. The van der Waals surface area contributed by atoms with Crippen LogP contribution in [0.15, 0.2) is 43.0 Å². The molecule has 14 heteroatoms. The van der Waals surface area contributed by atoms with E-state index in [0.29, 0.717) is 18.7 Å². The number of ether oxygens (including phenoxy) is 1. The zero-order valence-electron chi connectivity index (χ0n) is 24.1. The Labute approximate surface area is 251 Å². The maximum Gasteiger partial charge on any atom is 0.491 e. The highest BCUT2D eigenvalue weighted by Gasteiger charge is 2.42. The summed E-state index contributed by atoms with van der Waals surface area (Å²) in [6.45, 7) is 1.22. The van der Waals surface area contributed by atoms with Crippen molar-refractivity contribution in [3.8, 4) is 11.8 Å². The number of carbonyl (C=O) groups is 3. The molecule has 2 aliphatic rings. The molecule has 0 saturated carbocycles. The molecule has 1 aromatic carbocycles. The van der Waals surface area contributed by atoms with E-state index in [2.05, 4.69) is 15.0 Å². The number of aryl methyl sites for hydroxylation is 1. The van der Waals surface area contributed by atoms with Crippen LogP contribution in [0.2, 0.25) is 0 Å². The second kappa shape index (κ2) is 14.0. The highest BCUT2D eigenvalue weighted by atomic mass is 19.4. The van der Waals surface area contributed by atoms with Crippen molar-refractivity contribution in [3.63, 3.8) is 0 Å². The normalized spacial score (nSPS) is 15.4. The van der Waals surface area contributed by atoms with Crippen LogP contribution in [0.25, 0.3) is 5.57 Å². The molecule has 1 aliphatic carbocycles. The standard InChI is InChI=1S/C25H28F3N3O3.C5H4N4O/c1-30-15-20(29-16-30)14-23(32)31-11-9-17(10-12-31)19-7-8-22(34-24(33)25(26,27)28)21(13-19)18-5-3-2-4-6-18;6-1-3-2-8-5(9-3)4(7)10/h5,7-8,13,15-17H,2-4,6,9-12,14H2,1H3;2H,(H2,7,10)(H,8,9). The van der Waals surface area contributed by atoms with Gasteiger partial charge in [0.15, 0.2) is 5.82 Å². The zero-order chi connectivity index (χ0) is 31.9. The second-order valence-electron chi connectivity index (χ2n) is 10.6. The minimum atomic E-state index is -5.05. The maximum atomic E-state index is 12.8. The molecule has 1 aliphatic heterocycles. The number of nitrogens with two attached hydrogens (primary N) is 1. The van der Waals surface area contributed by atoms with Crippen molar-refractivity contribution in [2.75, 3.05) is 13.1 Å². The topological polar surface area (TPSA) is 160 Å². The lowest BCUT2D eigenvalue weighted by Crippen LogP contribution is -2.38. The van der Waals surface area contributed by atoms with E-state index in [9.17, 15) is 27.6 Å². The third-order valence-electron chi connectivity index (χ3n) is 7.41. The Hall–Kier alpha value is -4.93. The zero-order valence-corrected chi connectivity index (χ0v) is 24.1. The van der Waals surface area contributed by atoms with Crippen LogP contribution in [0, 0.1) is 11.3 Å². The fraction of sp³-hybridized carbons (Fsp3) is 0.400.